The van der Waals surface area contributed by atoms with Crippen LogP contribution < -0.4 is 15.2 Å². The second kappa shape index (κ2) is 9.38. The number of carboxylic acid groups (broad SMARTS) is 1. The monoisotopic (exact) mass is 371 g/mol. The Hall–Kier alpha value is -2.35. The number of esters is 1. The average molecular weight is 371 g/mol. The fourth-order valence-electron chi connectivity index (χ4n) is 2.12. The van der Waals surface area contributed by atoms with Crippen LogP contribution in [0.5, 0.6) is 11.5 Å². The van der Waals surface area contributed by atoms with Gasteiger partial charge in [0, 0.05) is 12.0 Å². The number of halogens is 1. The van der Waals surface area contributed by atoms with Crippen molar-refractivity contribution in [3.8, 4) is 11.5 Å². The van der Waals surface area contributed by atoms with Crippen molar-refractivity contribution >= 4 is 11.9 Å². The number of carbonyl (C=O) groups is 2. The predicted octanol–water partition coefficient (Wildman–Crippen LogP) is 2.48. The van der Waals surface area contributed by atoms with Crippen molar-refractivity contribution in [3.05, 3.63) is 23.3 Å². The Bertz CT molecular complexity index is 641. The maximum Gasteiger partial charge on any atom is 0.339 e. The summed E-state index contributed by atoms with van der Waals surface area (Å²) in [5, 5.41) is 9.30. The van der Waals surface area contributed by atoms with Crippen LogP contribution in [0.3, 0.4) is 0 Å². The lowest BCUT2D eigenvalue weighted by Gasteiger charge is -2.22. The van der Waals surface area contributed by atoms with Crippen LogP contribution in [0.4, 0.5) is 4.39 Å². The Labute approximate surface area is 152 Å². The van der Waals surface area contributed by atoms with Crippen LogP contribution >= 0.6 is 0 Å². The molecule has 7 nitrogen and oxygen atoms in total. The summed E-state index contributed by atoms with van der Waals surface area (Å²) >= 11 is 0. The molecule has 1 rings (SSSR count). The molecule has 1 atom stereocenters. The van der Waals surface area contributed by atoms with E-state index in [0.29, 0.717) is 11.3 Å². The first kappa shape index (κ1) is 21.7. The van der Waals surface area contributed by atoms with E-state index in [9.17, 15) is 19.1 Å². The molecule has 1 unspecified atom stereocenters. The van der Waals surface area contributed by atoms with Gasteiger partial charge in [0.25, 0.3) is 0 Å². The molecule has 0 aliphatic heterocycles. The summed E-state index contributed by atoms with van der Waals surface area (Å²) in [6.45, 7) is 6.02. The minimum atomic E-state index is -1.17. The molecule has 1 aromatic rings. The number of rotatable bonds is 9. The molecule has 0 heterocycles. The molecule has 0 aliphatic rings. The molecule has 3 N–H and O–H groups in total. The molecule has 0 aromatic heterocycles. The summed E-state index contributed by atoms with van der Waals surface area (Å²) in [4.78, 5) is 23.2. The number of hydrogen-bond donors (Lipinski definition) is 2. The van der Waals surface area contributed by atoms with Gasteiger partial charge in [-0.1, -0.05) is 0 Å². The topological polar surface area (TPSA) is 108 Å². The molecule has 1 aromatic carbocycles. The summed E-state index contributed by atoms with van der Waals surface area (Å²) < 4.78 is 28.3. The van der Waals surface area contributed by atoms with E-state index in [1.165, 1.54) is 12.1 Å². The van der Waals surface area contributed by atoms with E-state index in [4.69, 9.17) is 19.9 Å². The first-order valence-corrected chi connectivity index (χ1v) is 8.23. The molecule has 0 amide bonds. The highest BCUT2D eigenvalue weighted by Gasteiger charge is 2.23. The van der Waals surface area contributed by atoms with Crippen molar-refractivity contribution < 1.29 is 33.3 Å². The van der Waals surface area contributed by atoms with Gasteiger partial charge in [-0.3, -0.25) is 4.79 Å². The predicted molar refractivity (Wildman–Crippen MR) is 93.5 cm³/mol. The largest absolute Gasteiger partial charge is 0.492 e. The molecule has 0 fully saturated rings. The lowest BCUT2D eigenvalue weighted by molar-refractivity contribution is -0.156. The number of benzene rings is 1. The van der Waals surface area contributed by atoms with Crippen LogP contribution in [0, 0.1) is 6.92 Å². The van der Waals surface area contributed by atoms with Gasteiger partial charge in [-0.25, -0.2) is 9.18 Å². The minimum absolute atomic E-state index is 0.00803. The van der Waals surface area contributed by atoms with Crippen LogP contribution in [0.25, 0.3) is 0 Å². The van der Waals surface area contributed by atoms with Crippen LogP contribution in [0.1, 0.15) is 43.1 Å². The zero-order valence-corrected chi connectivity index (χ0v) is 15.5. The molecule has 26 heavy (non-hydrogen) atoms. The van der Waals surface area contributed by atoms with Crippen molar-refractivity contribution in [2.45, 2.75) is 45.8 Å². The first-order valence-electron chi connectivity index (χ1n) is 8.23. The molecule has 0 saturated carbocycles. The maximum absolute atomic E-state index is 12.3. The number of hydrogen-bond acceptors (Lipinski definition) is 6. The van der Waals surface area contributed by atoms with Crippen molar-refractivity contribution in [1.82, 2.24) is 0 Å². The van der Waals surface area contributed by atoms with Crippen LogP contribution in [-0.2, 0) is 9.53 Å². The van der Waals surface area contributed by atoms with Gasteiger partial charge in [-0.2, -0.15) is 0 Å². The van der Waals surface area contributed by atoms with E-state index < -0.39 is 30.3 Å². The van der Waals surface area contributed by atoms with Crippen molar-refractivity contribution in [1.29, 1.82) is 0 Å². The van der Waals surface area contributed by atoms with E-state index in [0.717, 1.165) is 0 Å². The second-order valence-corrected chi connectivity index (χ2v) is 6.69. The molecule has 0 saturated heterocycles. The molecule has 0 radical (unpaired) electrons. The number of carbonyl (C=O) groups excluding carboxylic acids is 1. The molecular formula is C18H26FNO6. The third-order valence-electron chi connectivity index (χ3n) is 3.31. The molecule has 146 valence electrons. The quantitative estimate of drug-likeness (QED) is 0.642. The summed E-state index contributed by atoms with van der Waals surface area (Å²) in [5.74, 6) is -1.29. The van der Waals surface area contributed by atoms with Gasteiger partial charge in [-0.05, 0) is 39.8 Å². The fourth-order valence-corrected chi connectivity index (χ4v) is 2.12. The number of carboxylic acids is 1. The van der Waals surface area contributed by atoms with Gasteiger partial charge < -0.3 is 25.1 Å². The highest BCUT2D eigenvalue weighted by molar-refractivity contribution is 5.92. The molecular weight excluding hydrogens is 345 g/mol. The smallest absolute Gasteiger partial charge is 0.339 e. The molecule has 0 spiro atoms. The Morgan fingerprint density at radius 3 is 2.42 bits per heavy atom. The number of aromatic carboxylic acids is 1. The third-order valence-corrected chi connectivity index (χ3v) is 3.31. The lowest BCUT2D eigenvalue weighted by Crippen LogP contribution is -2.38. The van der Waals surface area contributed by atoms with Crippen LogP contribution in [-0.4, -0.2) is 48.6 Å². The molecule has 8 heteroatoms. The first-order chi connectivity index (χ1) is 12.1. The van der Waals surface area contributed by atoms with Crippen molar-refractivity contribution in [2.24, 2.45) is 5.73 Å². The fraction of sp³-hybridized carbons (Fsp3) is 0.556. The van der Waals surface area contributed by atoms with Gasteiger partial charge in [0.2, 0.25) is 0 Å². The number of nitrogens with two attached hydrogens (primary N) is 1. The number of ether oxygens (including phenoxy) is 3. The number of alkyl halides is 1. The van der Waals surface area contributed by atoms with Gasteiger partial charge in [-0.15, -0.1) is 0 Å². The zero-order valence-electron chi connectivity index (χ0n) is 15.5. The van der Waals surface area contributed by atoms with E-state index in [1.807, 2.05) is 0 Å². The Balaban J connectivity index is 2.81. The van der Waals surface area contributed by atoms with E-state index in [-0.39, 0.29) is 30.9 Å². The van der Waals surface area contributed by atoms with E-state index >= 15 is 0 Å². The maximum atomic E-state index is 12.3. The standard InChI is InChI=1S/C18H26FNO6/c1-11-14(24-10-8-19)6-5-12(16(21)22)15(11)25-9-7-13(20)17(23)26-18(2,3)4/h5-6,13H,7-10,20H2,1-4H3,(H,21,22). The average Bonchev–Trinajstić information content (AvgIpc) is 2.53. The third kappa shape index (κ3) is 6.51. The molecule has 0 aliphatic carbocycles. The summed E-state index contributed by atoms with van der Waals surface area (Å²) in [6.07, 6.45) is 0.142. The SMILES string of the molecule is Cc1c(OCCF)ccc(C(=O)O)c1OCCC(N)C(=O)OC(C)(C)C. The summed E-state index contributed by atoms with van der Waals surface area (Å²) in [7, 11) is 0. The minimum Gasteiger partial charge on any atom is -0.492 e. The van der Waals surface area contributed by atoms with Crippen LogP contribution in [0.2, 0.25) is 0 Å². The van der Waals surface area contributed by atoms with Gasteiger partial charge in [0.05, 0.1) is 6.61 Å². The Kier molecular flexibility index (Phi) is 7.82. The van der Waals surface area contributed by atoms with Gasteiger partial charge >= 0.3 is 11.9 Å². The Morgan fingerprint density at radius 1 is 1.23 bits per heavy atom. The van der Waals surface area contributed by atoms with Crippen molar-refractivity contribution in [2.75, 3.05) is 19.9 Å². The van der Waals surface area contributed by atoms with Crippen LogP contribution in [0.15, 0.2) is 12.1 Å². The van der Waals surface area contributed by atoms with E-state index in [1.54, 1.807) is 27.7 Å². The van der Waals surface area contributed by atoms with Gasteiger partial charge in [0.1, 0.15) is 42.0 Å². The highest BCUT2D eigenvalue weighted by atomic mass is 19.1. The highest BCUT2D eigenvalue weighted by Crippen LogP contribution is 2.32. The summed E-state index contributed by atoms with van der Waals surface area (Å²) in [6, 6.07) is 1.88. The van der Waals surface area contributed by atoms with E-state index in [2.05, 4.69) is 0 Å². The molecule has 0 bridgehead atoms. The Morgan fingerprint density at radius 2 is 1.88 bits per heavy atom. The normalized spacial score (nSPS) is 12.4. The second-order valence-electron chi connectivity index (χ2n) is 6.69. The zero-order chi connectivity index (χ0) is 19.9. The van der Waals surface area contributed by atoms with Crippen molar-refractivity contribution in [3.63, 3.8) is 0 Å². The van der Waals surface area contributed by atoms with Gasteiger partial charge in [0.15, 0.2) is 0 Å². The lowest BCUT2D eigenvalue weighted by atomic mass is 10.1. The summed E-state index contributed by atoms with van der Waals surface area (Å²) in [5.41, 5.74) is 5.51.